The van der Waals surface area contributed by atoms with Crippen LogP contribution in [0.2, 0.25) is 0 Å². The summed E-state index contributed by atoms with van der Waals surface area (Å²) in [6.45, 7) is 0. The van der Waals surface area contributed by atoms with Crippen LogP contribution in [-0.2, 0) is 4.65 Å². The Morgan fingerprint density at radius 3 is 3.33 bits per heavy atom. The van der Waals surface area contributed by atoms with Gasteiger partial charge in [0, 0.05) is 12.2 Å². The average molecular weight is 118 g/mol. The Balaban J connectivity index is 2.52. The second-order valence-corrected chi connectivity index (χ2v) is 2.19. The van der Waals surface area contributed by atoms with Gasteiger partial charge in [0.2, 0.25) is 5.70 Å². The van der Waals surface area contributed by atoms with E-state index in [1.54, 1.807) is 0 Å². The Hall–Kier alpha value is -0.920. The number of rotatable bonds is 0. The van der Waals surface area contributed by atoms with Crippen LogP contribution in [0.3, 0.4) is 0 Å². The van der Waals surface area contributed by atoms with Crippen LogP contribution in [0.25, 0.3) is 0 Å². The molecule has 0 amide bonds. The number of fused-ring (bicyclic) bond motifs is 1. The maximum Gasteiger partial charge on any atom is 0.710 e. The average Bonchev–Trinajstić information content (AvgIpc) is 2.35. The van der Waals surface area contributed by atoms with Crippen molar-refractivity contribution in [2.75, 3.05) is 0 Å². The molecule has 2 aliphatic rings. The fourth-order valence-corrected chi connectivity index (χ4v) is 1.09. The lowest BCUT2D eigenvalue weighted by molar-refractivity contribution is -0.305. The summed E-state index contributed by atoms with van der Waals surface area (Å²) >= 11 is 0. The van der Waals surface area contributed by atoms with E-state index in [9.17, 15) is 0 Å². The summed E-state index contributed by atoms with van der Waals surface area (Å²) in [7, 11) is 2.67. The van der Waals surface area contributed by atoms with Gasteiger partial charge in [0.25, 0.3) is 0 Å². The topological polar surface area (TPSA) is 12.2 Å². The molecule has 0 aromatic carbocycles. The molecule has 0 atom stereocenters. The minimum absolute atomic E-state index is 0.689. The molecule has 2 aliphatic heterocycles. The van der Waals surface area contributed by atoms with Crippen molar-refractivity contribution < 1.29 is 9.14 Å². The second kappa shape index (κ2) is 1.53. The summed E-state index contributed by atoms with van der Waals surface area (Å²) in [5, 5.41) is 0. The van der Waals surface area contributed by atoms with Gasteiger partial charge in [-0.2, -0.15) is 0 Å². The molecule has 2 nitrogen and oxygen atoms in total. The lowest BCUT2D eigenvalue weighted by Gasteiger charge is -1.84. The molecule has 0 bridgehead atoms. The summed E-state index contributed by atoms with van der Waals surface area (Å²) in [4.78, 5) is 0. The zero-order valence-electron chi connectivity index (χ0n) is 5.29. The third-order valence-electron chi connectivity index (χ3n) is 1.61. The van der Waals surface area contributed by atoms with Crippen molar-refractivity contribution in [3.63, 3.8) is 0 Å². The van der Waals surface area contributed by atoms with Crippen molar-refractivity contribution in [3.05, 3.63) is 23.5 Å². The lowest BCUT2D eigenvalue weighted by Crippen LogP contribution is -2.06. The van der Waals surface area contributed by atoms with Crippen LogP contribution in [0, 0.1) is 0 Å². The van der Waals surface area contributed by atoms with Gasteiger partial charge in [-0.1, -0.05) is 0 Å². The number of hydrogen-bond acceptors (Lipinski definition) is 1. The van der Waals surface area contributed by atoms with Crippen LogP contribution < -0.4 is 0 Å². The van der Waals surface area contributed by atoms with Crippen molar-refractivity contribution in [3.8, 4) is 0 Å². The highest BCUT2D eigenvalue weighted by molar-refractivity contribution is 6.29. The van der Waals surface area contributed by atoms with Crippen molar-refractivity contribution >= 4 is 21.7 Å². The standard InChI is InChI=1S/C5H6B2NO/c6-5-4-2-1-3-8(4)7-9-5/h1-3,7H,6H2/q+1. The molecule has 9 heavy (non-hydrogen) atoms. The number of allylic oxidation sites excluding steroid dienone is 2. The van der Waals surface area contributed by atoms with E-state index in [1.807, 2.05) is 20.1 Å². The van der Waals surface area contributed by atoms with E-state index in [4.69, 9.17) is 4.65 Å². The summed E-state index contributed by atoms with van der Waals surface area (Å²) < 4.78 is 7.32. The van der Waals surface area contributed by atoms with Crippen molar-refractivity contribution in [2.24, 2.45) is 0 Å². The van der Waals surface area contributed by atoms with E-state index in [1.165, 1.54) is 5.70 Å². The van der Waals surface area contributed by atoms with Crippen molar-refractivity contribution in [1.82, 2.24) is 0 Å². The normalized spacial score (nSPS) is 21.1. The molecule has 0 saturated carbocycles. The zero-order chi connectivity index (χ0) is 6.27. The van der Waals surface area contributed by atoms with E-state index in [0.29, 0.717) is 7.62 Å². The highest BCUT2D eigenvalue weighted by Crippen LogP contribution is 2.14. The van der Waals surface area contributed by atoms with E-state index >= 15 is 0 Å². The quantitative estimate of drug-likeness (QED) is 0.361. The maximum atomic E-state index is 5.24. The second-order valence-electron chi connectivity index (χ2n) is 2.19. The van der Waals surface area contributed by atoms with Gasteiger partial charge in [0.05, 0.1) is 5.66 Å². The third-order valence-corrected chi connectivity index (χ3v) is 1.61. The number of hydrogen-bond donors (Lipinski definition) is 0. The molecule has 0 radical (unpaired) electrons. The highest BCUT2D eigenvalue weighted by atomic mass is 16.4. The Bertz CT molecular complexity index is 241. The Kier molecular flexibility index (Phi) is 0.835. The molecule has 0 spiro atoms. The smallest absolute Gasteiger partial charge is 0.510 e. The highest BCUT2D eigenvalue weighted by Gasteiger charge is 2.28. The largest absolute Gasteiger partial charge is 0.710 e. The minimum atomic E-state index is 0.689. The summed E-state index contributed by atoms with van der Waals surface area (Å²) in [5.41, 5.74) is 2.23. The van der Waals surface area contributed by atoms with Gasteiger partial charge in [-0.05, 0) is 0 Å². The molecule has 0 unspecified atom stereocenters. The molecule has 0 aromatic rings. The predicted molar refractivity (Wildman–Crippen MR) is 39.3 cm³/mol. The third kappa shape index (κ3) is 0.559. The van der Waals surface area contributed by atoms with Gasteiger partial charge in [-0.3, -0.25) is 0 Å². The first-order chi connectivity index (χ1) is 4.38. The summed E-state index contributed by atoms with van der Waals surface area (Å²) in [5.74, 6) is 0. The molecule has 0 saturated heterocycles. The van der Waals surface area contributed by atoms with Gasteiger partial charge in [0.15, 0.2) is 7.85 Å². The fraction of sp³-hybridized carbons (Fsp3) is 0. The monoisotopic (exact) mass is 118 g/mol. The van der Waals surface area contributed by atoms with Crippen LogP contribution in [-0.4, -0.2) is 26.2 Å². The molecule has 0 aromatic heterocycles. The van der Waals surface area contributed by atoms with E-state index in [0.717, 1.165) is 5.66 Å². The SMILES string of the molecule is BC1=C2C=CC=[N+]2BO1. The van der Waals surface area contributed by atoms with Crippen LogP contribution in [0.5, 0.6) is 0 Å². The molecular weight excluding hydrogens is 112 g/mol. The molecule has 42 valence electrons. The molecule has 0 aliphatic carbocycles. The minimum Gasteiger partial charge on any atom is -0.510 e. The van der Waals surface area contributed by atoms with E-state index in [2.05, 4.69) is 10.6 Å². The molecule has 2 rings (SSSR count). The van der Waals surface area contributed by atoms with Gasteiger partial charge in [-0.15, -0.1) is 0 Å². The summed E-state index contributed by atoms with van der Waals surface area (Å²) in [6.07, 6.45) is 6.11. The van der Waals surface area contributed by atoms with Gasteiger partial charge < -0.3 is 4.65 Å². The molecule has 0 N–H and O–H groups in total. The first-order valence-corrected chi connectivity index (χ1v) is 3.00. The molecular formula is C5H6B2NO+. The van der Waals surface area contributed by atoms with Gasteiger partial charge in [0.1, 0.15) is 6.21 Å². The zero-order valence-corrected chi connectivity index (χ0v) is 5.29. The molecule has 4 heteroatoms. The fourth-order valence-electron chi connectivity index (χ4n) is 1.09. The first kappa shape index (κ1) is 4.91. The lowest BCUT2D eigenvalue weighted by atomic mass is 10.1. The Morgan fingerprint density at radius 1 is 1.67 bits per heavy atom. The molecule has 0 fully saturated rings. The molecule has 2 heterocycles. The van der Waals surface area contributed by atoms with Crippen LogP contribution in [0.4, 0.5) is 0 Å². The van der Waals surface area contributed by atoms with E-state index < -0.39 is 0 Å². The van der Waals surface area contributed by atoms with Crippen molar-refractivity contribution in [2.45, 2.75) is 0 Å². The number of nitrogens with zero attached hydrogens (tertiary/aromatic N) is 1. The Morgan fingerprint density at radius 2 is 2.56 bits per heavy atom. The van der Waals surface area contributed by atoms with Crippen molar-refractivity contribution in [1.29, 1.82) is 0 Å². The first-order valence-electron chi connectivity index (χ1n) is 3.00. The van der Waals surface area contributed by atoms with Gasteiger partial charge >= 0.3 is 7.62 Å². The van der Waals surface area contributed by atoms with Crippen LogP contribution in [0.1, 0.15) is 0 Å². The maximum absolute atomic E-state index is 5.24. The predicted octanol–water partition coefficient (Wildman–Crippen LogP) is -1.26. The van der Waals surface area contributed by atoms with Gasteiger partial charge in [-0.25, -0.2) is 4.49 Å². The van der Waals surface area contributed by atoms with Crippen LogP contribution in [0.15, 0.2) is 23.5 Å². The Labute approximate surface area is 55.2 Å². The summed E-state index contributed by atoms with van der Waals surface area (Å²) in [6, 6.07) is 0. The van der Waals surface area contributed by atoms with Crippen LogP contribution >= 0.6 is 0 Å². The van der Waals surface area contributed by atoms with E-state index in [-0.39, 0.29) is 0 Å².